The van der Waals surface area contributed by atoms with Crippen LogP contribution in [0.15, 0.2) is 42.5 Å². The van der Waals surface area contributed by atoms with Crippen molar-refractivity contribution in [3.63, 3.8) is 0 Å². The lowest BCUT2D eigenvalue weighted by molar-refractivity contribution is -0.123. The van der Waals surface area contributed by atoms with Gasteiger partial charge < -0.3 is 25.4 Å². The molecule has 0 unspecified atom stereocenters. The number of nitrogens with zero attached hydrogens (tertiary/aromatic N) is 1. The van der Waals surface area contributed by atoms with Crippen molar-refractivity contribution in [1.82, 2.24) is 16.0 Å². The molecule has 2 aromatic rings. The fraction of sp³-hybridized carbons (Fsp3) is 0.400. The van der Waals surface area contributed by atoms with E-state index in [1.807, 2.05) is 0 Å². The van der Waals surface area contributed by atoms with E-state index in [2.05, 4.69) is 16.0 Å². The summed E-state index contributed by atoms with van der Waals surface area (Å²) in [7, 11) is -0.492. The smallest absolute Gasteiger partial charge is 0.255 e. The third-order valence-corrected chi connectivity index (χ3v) is 7.12. The van der Waals surface area contributed by atoms with Crippen molar-refractivity contribution >= 4 is 33.4 Å². The third-order valence-electron chi connectivity index (χ3n) is 5.91. The minimum atomic E-state index is -3.43. The van der Waals surface area contributed by atoms with Crippen molar-refractivity contribution in [3.05, 3.63) is 53.6 Å². The van der Waals surface area contributed by atoms with Gasteiger partial charge in [0.2, 0.25) is 15.9 Å². The molecule has 200 valence electrons. The van der Waals surface area contributed by atoms with E-state index in [1.165, 1.54) is 38.4 Å². The topological polar surface area (TPSA) is 143 Å². The zero-order valence-corrected chi connectivity index (χ0v) is 21.9. The summed E-state index contributed by atoms with van der Waals surface area (Å²) in [4.78, 5) is 38.3. The number of benzene rings is 2. The summed E-state index contributed by atoms with van der Waals surface area (Å²) in [6.45, 7) is 0.660. The maximum Gasteiger partial charge on any atom is 0.255 e. The zero-order valence-electron chi connectivity index (χ0n) is 21.1. The lowest BCUT2D eigenvalue weighted by Crippen LogP contribution is -2.47. The number of hydrogen-bond donors (Lipinski definition) is 3. The Morgan fingerprint density at radius 3 is 2.49 bits per heavy atom. The van der Waals surface area contributed by atoms with Gasteiger partial charge in [-0.2, -0.15) is 0 Å². The van der Waals surface area contributed by atoms with Crippen molar-refractivity contribution in [2.75, 3.05) is 44.4 Å². The number of amides is 3. The first-order valence-corrected chi connectivity index (χ1v) is 13.7. The SMILES string of the molecule is COc1ccc2c(c1)OCCNC(=O)[C@@H](NC(=O)c1ccc(N(C)S(C)(=O)=O)cc1)CCCCNC2=O. The molecular formula is C25H32N4O7S. The van der Waals surface area contributed by atoms with Gasteiger partial charge in [-0.1, -0.05) is 0 Å². The molecule has 0 fully saturated rings. The number of anilines is 1. The highest BCUT2D eigenvalue weighted by atomic mass is 32.2. The molecule has 1 aliphatic rings. The molecule has 0 bridgehead atoms. The summed E-state index contributed by atoms with van der Waals surface area (Å²) in [5.41, 5.74) is 1.08. The Hall–Kier alpha value is -3.80. The Bertz CT molecular complexity index is 1230. The quantitative estimate of drug-likeness (QED) is 0.527. The molecule has 0 saturated carbocycles. The maximum atomic E-state index is 12.9. The molecule has 1 heterocycles. The van der Waals surface area contributed by atoms with Gasteiger partial charge in [0.25, 0.3) is 11.8 Å². The molecule has 0 saturated heterocycles. The standard InChI is InChI=1S/C25H32N4O7S/c1-29(37(3,33)34)18-9-7-17(8-10-18)23(30)28-21-6-4-5-13-26-24(31)20-12-11-19(35-2)16-22(20)36-15-14-27-25(21)32/h7-12,16,21H,4-6,13-15H2,1-3H3,(H,26,31)(H,27,32)(H,28,30)/t21-/m0/s1. The Morgan fingerprint density at radius 2 is 1.81 bits per heavy atom. The number of rotatable bonds is 5. The number of carbonyl (C=O) groups is 3. The van der Waals surface area contributed by atoms with E-state index in [4.69, 9.17) is 9.47 Å². The number of carbonyl (C=O) groups excluding carboxylic acids is 3. The average molecular weight is 533 g/mol. The van der Waals surface area contributed by atoms with Gasteiger partial charge >= 0.3 is 0 Å². The Balaban J connectivity index is 1.67. The van der Waals surface area contributed by atoms with E-state index >= 15 is 0 Å². The van der Waals surface area contributed by atoms with E-state index in [9.17, 15) is 22.8 Å². The average Bonchev–Trinajstić information content (AvgIpc) is 2.88. The molecular weight excluding hydrogens is 500 g/mol. The lowest BCUT2D eigenvalue weighted by Gasteiger charge is -2.20. The van der Waals surface area contributed by atoms with Crippen molar-refractivity contribution in [3.8, 4) is 11.5 Å². The van der Waals surface area contributed by atoms with Crippen LogP contribution in [0.3, 0.4) is 0 Å². The molecule has 1 aliphatic heterocycles. The van der Waals surface area contributed by atoms with Crippen molar-refractivity contribution in [2.24, 2.45) is 0 Å². The van der Waals surface area contributed by atoms with Crippen LogP contribution in [0.25, 0.3) is 0 Å². The summed E-state index contributed by atoms with van der Waals surface area (Å²) >= 11 is 0. The second-order valence-electron chi connectivity index (χ2n) is 8.56. The number of hydrogen-bond acceptors (Lipinski definition) is 7. The predicted octanol–water partition coefficient (Wildman–Crippen LogP) is 1.30. The highest BCUT2D eigenvalue weighted by molar-refractivity contribution is 7.92. The number of nitrogens with one attached hydrogen (secondary N) is 3. The summed E-state index contributed by atoms with van der Waals surface area (Å²) < 4.78 is 35.5. The predicted molar refractivity (Wildman–Crippen MR) is 139 cm³/mol. The highest BCUT2D eigenvalue weighted by Gasteiger charge is 2.22. The minimum Gasteiger partial charge on any atom is -0.497 e. The molecule has 0 aromatic heterocycles. The molecule has 3 amide bonds. The van der Waals surface area contributed by atoms with Crippen LogP contribution in [0.1, 0.15) is 40.0 Å². The van der Waals surface area contributed by atoms with E-state index < -0.39 is 22.0 Å². The molecule has 0 spiro atoms. The van der Waals surface area contributed by atoms with Crippen LogP contribution in [-0.4, -0.2) is 72.3 Å². The van der Waals surface area contributed by atoms with Gasteiger partial charge in [0.1, 0.15) is 24.1 Å². The van der Waals surface area contributed by atoms with Gasteiger partial charge in [-0.25, -0.2) is 8.42 Å². The second-order valence-corrected chi connectivity index (χ2v) is 10.6. The fourth-order valence-electron chi connectivity index (χ4n) is 3.69. The van der Waals surface area contributed by atoms with Crippen LogP contribution >= 0.6 is 0 Å². The molecule has 3 rings (SSSR count). The summed E-state index contributed by atoms with van der Waals surface area (Å²) in [6, 6.07) is 10.2. The first-order valence-electron chi connectivity index (χ1n) is 11.8. The molecule has 2 aromatic carbocycles. The van der Waals surface area contributed by atoms with Gasteiger partial charge in [0.05, 0.1) is 31.2 Å². The Morgan fingerprint density at radius 1 is 1.08 bits per heavy atom. The number of ether oxygens (including phenoxy) is 2. The van der Waals surface area contributed by atoms with Crippen molar-refractivity contribution < 1.29 is 32.3 Å². The number of methoxy groups -OCH3 is 1. The van der Waals surface area contributed by atoms with Crippen LogP contribution in [0.5, 0.6) is 11.5 Å². The lowest BCUT2D eigenvalue weighted by atomic mass is 10.1. The van der Waals surface area contributed by atoms with Gasteiger partial charge in [-0.05, 0) is 55.7 Å². The summed E-state index contributed by atoms with van der Waals surface area (Å²) in [5.74, 6) is -0.195. The number of sulfonamides is 1. The van der Waals surface area contributed by atoms with Crippen LogP contribution < -0.4 is 29.7 Å². The monoisotopic (exact) mass is 532 g/mol. The highest BCUT2D eigenvalue weighted by Crippen LogP contribution is 2.25. The van der Waals surface area contributed by atoms with Crippen LogP contribution in [0.4, 0.5) is 5.69 Å². The van der Waals surface area contributed by atoms with Crippen LogP contribution in [0.2, 0.25) is 0 Å². The van der Waals surface area contributed by atoms with E-state index in [0.717, 1.165) is 10.6 Å². The Labute approximate surface area is 216 Å². The normalized spacial score (nSPS) is 17.2. The minimum absolute atomic E-state index is 0.106. The molecule has 1 atom stereocenters. The Kier molecular flexibility index (Phi) is 9.34. The third kappa shape index (κ3) is 7.59. The molecule has 0 aliphatic carbocycles. The van der Waals surface area contributed by atoms with E-state index in [0.29, 0.717) is 54.1 Å². The van der Waals surface area contributed by atoms with Crippen molar-refractivity contribution in [1.29, 1.82) is 0 Å². The van der Waals surface area contributed by atoms with E-state index in [1.54, 1.807) is 18.2 Å². The molecule has 12 heteroatoms. The summed E-state index contributed by atoms with van der Waals surface area (Å²) in [6.07, 6.45) is 2.65. The van der Waals surface area contributed by atoms with Gasteiger partial charge in [-0.3, -0.25) is 18.7 Å². The first-order chi connectivity index (χ1) is 17.6. The molecule has 11 nitrogen and oxygen atoms in total. The zero-order chi connectivity index (χ0) is 27.0. The molecule has 3 N–H and O–H groups in total. The summed E-state index contributed by atoms with van der Waals surface area (Å²) in [5, 5.41) is 8.38. The second kappa shape index (κ2) is 12.4. The van der Waals surface area contributed by atoms with Gasteiger partial charge in [0.15, 0.2) is 0 Å². The van der Waals surface area contributed by atoms with Crippen LogP contribution in [-0.2, 0) is 14.8 Å². The molecule has 0 radical (unpaired) electrons. The van der Waals surface area contributed by atoms with Gasteiger partial charge in [-0.15, -0.1) is 0 Å². The first kappa shape index (κ1) is 27.8. The van der Waals surface area contributed by atoms with Gasteiger partial charge in [0, 0.05) is 25.2 Å². The molecule has 37 heavy (non-hydrogen) atoms. The largest absolute Gasteiger partial charge is 0.497 e. The number of fused-ring (bicyclic) bond motifs is 1. The van der Waals surface area contributed by atoms with Crippen molar-refractivity contribution in [2.45, 2.75) is 25.3 Å². The van der Waals surface area contributed by atoms with Crippen LogP contribution in [0, 0.1) is 0 Å². The van der Waals surface area contributed by atoms with E-state index in [-0.39, 0.29) is 25.0 Å². The fourth-order valence-corrected chi connectivity index (χ4v) is 4.19. The maximum absolute atomic E-state index is 12.9.